The van der Waals surface area contributed by atoms with Gasteiger partial charge >= 0.3 is 0 Å². The van der Waals surface area contributed by atoms with Crippen molar-refractivity contribution in [1.82, 2.24) is 10.2 Å². The third-order valence-corrected chi connectivity index (χ3v) is 5.02. The maximum absolute atomic E-state index is 5.91. The number of piperazine rings is 1. The maximum atomic E-state index is 5.91. The van der Waals surface area contributed by atoms with Crippen LogP contribution in [0.3, 0.4) is 0 Å². The minimum Gasteiger partial charge on any atom is -0.493 e. The van der Waals surface area contributed by atoms with Crippen LogP contribution < -0.4 is 10.1 Å². The van der Waals surface area contributed by atoms with E-state index < -0.39 is 0 Å². The Bertz CT molecular complexity index is 665. The van der Waals surface area contributed by atoms with Crippen molar-refractivity contribution in [3.8, 4) is 5.75 Å². The van der Waals surface area contributed by atoms with Gasteiger partial charge in [0, 0.05) is 39.1 Å². The topological polar surface area (TPSA) is 24.5 Å². The Morgan fingerprint density at radius 3 is 2.12 bits per heavy atom. The molecule has 0 radical (unpaired) electrons. The maximum Gasteiger partial charge on any atom is 0.119 e. The highest BCUT2D eigenvalue weighted by Gasteiger charge is 2.13. The summed E-state index contributed by atoms with van der Waals surface area (Å²) in [5.74, 6) is 0.952. The molecule has 0 spiro atoms. The second kappa shape index (κ2) is 8.70. The molecule has 1 fully saturated rings. The van der Waals surface area contributed by atoms with E-state index in [2.05, 4.69) is 79.5 Å². The molecule has 1 saturated heterocycles. The molecule has 26 heavy (non-hydrogen) atoms. The zero-order chi connectivity index (χ0) is 18.4. The van der Waals surface area contributed by atoms with Crippen LogP contribution in [0.4, 0.5) is 0 Å². The van der Waals surface area contributed by atoms with Gasteiger partial charge in [-0.15, -0.1) is 0 Å². The molecule has 0 unspecified atom stereocenters. The molecule has 3 rings (SSSR count). The van der Waals surface area contributed by atoms with Crippen LogP contribution in [0.15, 0.2) is 48.5 Å². The number of rotatable bonds is 6. The molecule has 0 aromatic heterocycles. The minimum absolute atomic E-state index is 0.186. The first-order valence-corrected chi connectivity index (χ1v) is 9.75. The quantitative estimate of drug-likeness (QED) is 0.850. The third-order valence-electron chi connectivity index (χ3n) is 5.02. The number of nitrogens with zero attached hydrogens (tertiary/aromatic N) is 1. The molecule has 0 saturated carbocycles. The predicted octanol–water partition coefficient (Wildman–Crippen LogP) is 4.01. The van der Waals surface area contributed by atoms with E-state index in [1.165, 1.54) is 16.7 Å². The van der Waals surface area contributed by atoms with Gasteiger partial charge in [0.2, 0.25) is 0 Å². The summed E-state index contributed by atoms with van der Waals surface area (Å²) in [6, 6.07) is 17.5. The average molecular weight is 353 g/mol. The fourth-order valence-electron chi connectivity index (χ4n) is 3.28. The van der Waals surface area contributed by atoms with Crippen LogP contribution in [0.5, 0.6) is 5.75 Å². The number of ether oxygens (including phenoxy) is 1. The van der Waals surface area contributed by atoms with Gasteiger partial charge in [0.25, 0.3) is 0 Å². The highest BCUT2D eigenvalue weighted by atomic mass is 16.5. The highest BCUT2D eigenvalue weighted by molar-refractivity contribution is 5.31. The molecule has 0 aliphatic carbocycles. The van der Waals surface area contributed by atoms with Crippen molar-refractivity contribution in [2.75, 3.05) is 32.8 Å². The summed E-state index contributed by atoms with van der Waals surface area (Å²) < 4.78 is 5.91. The number of hydrogen-bond donors (Lipinski definition) is 1. The van der Waals surface area contributed by atoms with Crippen LogP contribution in [-0.4, -0.2) is 37.7 Å². The van der Waals surface area contributed by atoms with E-state index in [1.807, 2.05) is 0 Å². The molecule has 0 amide bonds. The Kier molecular flexibility index (Phi) is 6.33. The SMILES string of the molecule is CC(C)(C)c1ccc(OCCc2ccc(CN3CCNCC3)cc2)cc1. The highest BCUT2D eigenvalue weighted by Crippen LogP contribution is 2.24. The molecule has 3 heteroatoms. The minimum atomic E-state index is 0.186. The first kappa shape index (κ1) is 18.9. The van der Waals surface area contributed by atoms with E-state index in [0.29, 0.717) is 6.61 Å². The second-order valence-electron chi connectivity index (χ2n) is 8.22. The fourth-order valence-corrected chi connectivity index (χ4v) is 3.28. The lowest BCUT2D eigenvalue weighted by molar-refractivity contribution is 0.233. The molecule has 140 valence electrons. The van der Waals surface area contributed by atoms with E-state index in [4.69, 9.17) is 4.74 Å². The van der Waals surface area contributed by atoms with Crippen LogP contribution in [0.2, 0.25) is 0 Å². The van der Waals surface area contributed by atoms with Crippen molar-refractivity contribution in [2.24, 2.45) is 0 Å². The zero-order valence-corrected chi connectivity index (χ0v) is 16.4. The summed E-state index contributed by atoms with van der Waals surface area (Å²) in [5.41, 5.74) is 4.25. The van der Waals surface area contributed by atoms with Gasteiger partial charge in [-0.3, -0.25) is 4.90 Å². The van der Waals surface area contributed by atoms with Gasteiger partial charge in [-0.25, -0.2) is 0 Å². The average Bonchev–Trinajstić information content (AvgIpc) is 2.64. The molecule has 0 bridgehead atoms. The Balaban J connectivity index is 1.44. The Hall–Kier alpha value is -1.84. The van der Waals surface area contributed by atoms with E-state index in [-0.39, 0.29) is 5.41 Å². The van der Waals surface area contributed by atoms with Gasteiger partial charge in [-0.2, -0.15) is 0 Å². The number of nitrogens with one attached hydrogen (secondary N) is 1. The molecule has 3 nitrogen and oxygen atoms in total. The van der Waals surface area contributed by atoms with Crippen LogP contribution in [-0.2, 0) is 18.4 Å². The lowest BCUT2D eigenvalue weighted by Crippen LogP contribution is -2.42. The van der Waals surface area contributed by atoms with Crippen molar-refractivity contribution < 1.29 is 4.74 Å². The Morgan fingerprint density at radius 2 is 1.50 bits per heavy atom. The van der Waals surface area contributed by atoms with Gasteiger partial charge < -0.3 is 10.1 Å². The first-order chi connectivity index (χ1) is 12.5. The lowest BCUT2D eigenvalue weighted by Gasteiger charge is -2.27. The van der Waals surface area contributed by atoms with Crippen LogP contribution in [0, 0.1) is 0 Å². The van der Waals surface area contributed by atoms with Crippen molar-refractivity contribution in [2.45, 2.75) is 39.2 Å². The molecule has 1 heterocycles. The lowest BCUT2D eigenvalue weighted by atomic mass is 9.87. The largest absolute Gasteiger partial charge is 0.493 e. The molecule has 1 N–H and O–H groups in total. The summed E-state index contributed by atoms with van der Waals surface area (Å²) in [6.07, 6.45) is 0.939. The molecular weight excluding hydrogens is 320 g/mol. The van der Waals surface area contributed by atoms with Gasteiger partial charge in [-0.1, -0.05) is 57.2 Å². The second-order valence-corrected chi connectivity index (χ2v) is 8.22. The molecule has 1 aliphatic rings. The number of benzene rings is 2. The van der Waals surface area contributed by atoms with Gasteiger partial charge in [-0.05, 0) is 34.2 Å². The van der Waals surface area contributed by atoms with Crippen molar-refractivity contribution in [3.63, 3.8) is 0 Å². The standard InChI is InChI=1S/C23H32N2O/c1-23(2,3)21-8-10-22(11-9-21)26-17-12-19-4-6-20(7-5-19)18-25-15-13-24-14-16-25/h4-11,24H,12-18H2,1-3H3. The van der Waals surface area contributed by atoms with E-state index in [0.717, 1.165) is 44.9 Å². The molecule has 0 atom stereocenters. The number of hydrogen-bond acceptors (Lipinski definition) is 3. The van der Waals surface area contributed by atoms with Crippen molar-refractivity contribution in [1.29, 1.82) is 0 Å². The predicted molar refractivity (Wildman–Crippen MR) is 109 cm³/mol. The normalized spacial score (nSPS) is 15.8. The molecule has 2 aromatic carbocycles. The molecule has 2 aromatic rings. The van der Waals surface area contributed by atoms with Crippen LogP contribution in [0.1, 0.15) is 37.5 Å². The van der Waals surface area contributed by atoms with Gasteiger partial charge in [0.15, 0.2) is 0 Å². The summed E-state index contributed by atoms with van der Waals surface area (Å²) in [4.78, 5) is 2.51. The zero-order valence-electron chi connectivity index (χ0n) is 16.4. The smallest absolute Gasteiger partial charge is 0.119 e. The van der Waals surface area contributed by atoms with Gasteiger partial charge in [0.1, 0.15) is 5.75 Å². The van der Waals surface area contributed by atoms with E-state index in [1.54, 1.807) is 0 Å². The van der Waals surface area contributed by atoms with Gasteiger partial charge in [0.05, 0.1) is 6.61 Å². The first-order valence-electron chi connectivity index (χ1n) is 9.75. The fraction of sp³-hybridized carbons (Fsp3) is 0.478. The Labute approximate surface area is 158 Å². The molecular formula is C23H32N2O. The summed E-state index contributed by atoms with van der Waals surface area (Å²) in [5, 5.41) is 3.40. The summed E-state index contributed by atoms with van der Waals surface area (Å²) >= 11 is 0. The Morgan fingerprint density at radius 1 is 0.885 bits per heavy atom. The summed E-state index contributed by atoms with van der Waals surface area (Å²) in [6.45, 7) is 13.0. The molecule has 1 aliphatic heterocycles. The van der Waals surface area contributed by atoms with Crippen molar-refractivity contribution >= 4 is 0 Å². The monoisotopic (exact) mass is 352 g/mol. The van der Waals surface area contributed by atoms with E-state index in [9.17, 15) is 0 Å². The van der Waals surface area contributed by atoms with Crippen LogP contribution >= 0.6 is 0 Å². The van der Waals surface area contributed by atoms with Crippen molar-refractivity contribution in [3.05, 3.63) is 65.2 Å². The third kappa shape index (κ3) is 5.58. The van der Waals surface area contributed by atoms with E-state index >= 15 is 0 Å². The van der Waals surface area contributed by atoms with Crippen LogP contribution in [0.25, 0.3) is 0 Å². The summed E-state index contributed by atoms with van der Waals surface area (Å²) in [7, 11) is 0.